The summed E-state index contributed by atoms with van der Waals surface area (Å²) in [7, 11) is 3.21. The monoisotopic (exact) mass is 592 g/mol. The first kappa shape index (κ1) is 28.6. The van der Waals surface area contributed by atoms with Gasteiger partial charge in [-0.25, -0.2) is 0 Å². The topological polar surface area (TPSA) is 128 Å². The van der Waals surface area contributed by atoms with Crippen LogP contribution in [0.5, 0.6) is 11.5 Å². The molecule has 1 aliphatic rings. The van der Waals surface area contributed by atoms with E-state index in [9.17, 15) is 9.59 Å². The van der Waals surface area contributed by atoms with Gasteiger partial charge < -0.3 is 20.1 Å². The van der Waals surface area contributed by atoms with E-state index in [1.165, 1.54) is 22.7 Å². The number of rotatable bonds is 10. The lowest BCUT2D eigenvalue weighted by molar-refractivity contribution is -0.116. The number of carbonyl (C=O) groups is 2. The Morgan fingerprint density at radius 3 is 1.66 bits per heavy atom. The zero-order chi connectivity index (χ0) is 28.6. The molecule has 0 aliphatic heterocycles. The number of nitrogens with one attached hydrogen (secondary N) is 2. The van der Waals surface area contributed by atoms with Crippen molar-refractivity contribution in [2.75, 3.05) is 24.9 Å². The lowest BCUT2D eigenvalue weighted by Crippen LogP contribution is -2.14. The molecule has 2 amide bonds. The number of methoxy groups -OCH3 is 2. The SMILES string of the molecule is COc1cccc(CC(=O)Nc2nnc(C3CCCCC(c4nnc(NC(=O)Cc5cccc(OC)c5)s4)C3)s2)c1. The molecule has 214 valence electrons. The summed E-state index contributed by atoms with van der Waals surface area (Å²) in [5.74, 6) is 1.59. The molecular weight excluding hydrogens is 560 g/mol. The van der Waals surface area contributed by atoms with Gasteiger partial charge in [-0.15, -0.1) is 20.4 Å². The van der Waals surface area contributed by atoms with Gasteiger partial charge in [0.05, 0.1) is 27.1 Å². The van der Waals surface area contributed by atoms with Crippen molar-refractivity contribution in [3.8, 4) is 11.5 Å². The Bertz CT molecular complexity index is 1380. The zero-order valence-corrected chi connectivity index (χ0v) is 24.6. The number of anilines is 2. The third-order valence-electron chi connectivity index (χ3n) is 6.99. The number of hydrogen-bond donors (Lipinski definition) is 2. The summed E-state index contributed by atoms with van der Waals surface area (Å²) in [4.78, 5) is 25.2. The zero-order valence-electron chi connectivity index (χ0n) is 23.0. The van der Waals surface area contributed by atoms with Crippen LogP contribution in [-0.4, -0.2) is 46.4 Å². The lowest BCUT2D eigenvalue weighted by Gasteiger charge is -2.15. The number of benzene rings is 2. The van der Waals surface area contributed by atoms with Crippen molar-refractivity contribution in [1.82, 2.24) is 20.4 Å². The van der Waals surface area contributed by atoms with Crippen LogP contribution in [0.1, 0.15) is 65.1 Å². The summed E-state index contributed by atoms with van der Waals surface area (Å²) in [5.41, 5.74) is 1.73. The van der Waals surface area contributed by atoms with Crippen LogP contribution in [0.4, 0.5) is 10.3 Å². The summed E-state index contributed by atoms with van der Waals surface area (Å²) in [6, 6.07) is 14.9. The third kappa shape index (κ3) is 7.86. The number of carbonyl (C=O) groups excluding carboxylic acids is 2. The van der Waals surface area contributed by atoms with Crippen molar-refractivity contribution in [3.63, 3.8) is 0 Å². The Labute approximate surface area is 246 Å². The molecule has 0 bridgehead atoms. The highest BCUT2D eigenvalue weighted by Gasteiger charge is 2.28. The number of ether oxygens (including phenoxy) is 2. The van der Waals surface area contributed by atoms with Gasteiger partial charge >= 0.3 is 0 Å². The van der Waals surface area contributed by atoms with E-state index in [2.05, 4.69) is 31.0 Å². The standard InChI is InChI=1S/C29H32N6O4S2/c1-38-22-11-5-7-18(13-22)15-24(36)30-28-34-32-26(40-28)20-9-3-4-10-21(17-20)27-33-35-29(41-27)31-25(37)16-19-8-6-12-23(14-19)39-2/h5-8,11-14,20-21H,3-4,9-10,15-17H2,1-2H3,(H,30,34,36)(H,31,35,37). The highest BCUT2D eigenvalue weighted by Crippen LogP contribution is 2.42. The fourth-order valence-electron chi connectivity index (χ4n) is 4.97. The second kappa shape index (κ2) is 13.6. The fraction of sp³-hybridized carbons (Fsp3) is 0.379. The minimum absolute atomic E-state index is 0.144. The average Bonchev–Trinajstić information content (AvgIpc) is 3.56. The van der Waals surface area contributed by atoms with Crippen LogP contribution in [0.2, 0.25) is 0 Å². The first-order valence-electron chi connectivity index (χ1n) is 13.5. The van der Waals surface area contributed by atoms with Crippen molar-refractivity contribution in [3.05, 3.63) is 69.7 Å². The van der Waals surface area contributed by atoms with Gasteiger partial charge in [0.25, 0.3) is 0 Å². The van der Waals surface area contributed by atoms with E-state index in [4.69, 9.17) is 9.47 Å². The predicted octanol–water partition coefficient (Wildman–Crippen LogP) is 5.60. The molecule has 2 unspecified atom stereocenters. The lowest BCUT2D eigenvalue weighted by atomic mass is 9.94. The maximum absolute atomic E-state index is 12.6. The molecule has 41 heavy (non-hydrogen) atoms. The van der Waals surface area contributed by atoms with E-state index in [0.29, 0.717) is 10.3 Å². The molecule has 2 heterocycles. The summed E-state index contributed by atoms with van der Waals surface area (Å²) < 4.78 is 10.5. The quantitative estimate of drug-likeness (QED) is 0.228. The van der Waals surface area contributed by atoms with Crippen LogP contribution in [0, 0.1) is 0 Å². The van der Waals surface area contributed by atoms with Gasteiger partial charge in [0, 0.05) is 11.8 Å². The smallest absolute Gasteiger partial charge is 0.230 e. The van der Waals surface area contributed by atoms with Crippen molar-refractivity contribution in [2.45, 2.75) is 56.8 Å². The Balaban J connectivity index is 1.17. The summed E-state index contributed by atoms with van der Waals surface area (Å²) in [6.07, 6.45) is 5.51. The molecule has 4 aromatic rings. The highest BCUT2D eigenvalue weighted by molar-refractivity contribution is 7.15. The maximum Gasteiger partial charge on any atom is 0.230 e. The molecule has 12 heteroatoms. The van der Waals surface area contributed by atoms with Crippen molar-refractivity contribution < 1.29 is 19.1 Å². The largest absolute Gasteiger partial charge is 0.497 e. The fourth-order valence-corrected chi connectivity index (χ4v) is 6.79. The molecule has 2 N–H and O–H groups in total. The molecule has 2 atom stereocenters. The number of amides is 2. The van der Waals surface area contributed by atoms with Crippen molar-refractivity contribution in [1.29, 1.82) is 0 Å². The molecule has 0 saturated heterocycles. The molecule has 1 aliphatic carbocycles. The van der Waals surface area contributed by atoms with Crippen LogP contribution in [0.25, 0.3) is 0 Å². The first-order valence-corrected chi connectivity index (χ1v) is 15.1. The molecule has 0 spiro atoms. The second-order valence-corrected chi connectivity index (χ2v) is 12.0. The first-order chi connectivity index (χ1) is 20.0. The van der Waals surface area contributed by atoms with Crippen LogP contribution in [-0.2, 0) is 22.4 Å². The van der Waals surface area contributed by atoms with Gasteiger partial charge in [-0.1, -0.05) is 59.8 Å². The van der Waals surface area contributed by atoms with Gasteiger partial charge in [0.15, 0.2) is 0 Å². The van der Waals surface area contributed by atoms with E-state index in [1.54, 1.807) is 14.2 Å². The summed E-state index contributed by atoms with van der Waals surface area (Å²) in [6.45, 7) is 0. The molecule has 10 nitrogen and oxygen atoms in total. The molecule has 1 saturated carbocycles. The Hall–Kier alpha value is -3.90. The van der Waals surface area contributed by atoms with E-state index >= 15 is 0 Å². The Morgan fingerprint density at radius 1 is 0.756 bits per heavy atom. The van der Waals surface area contributed by atoms with Gasteiger partial charge in [-0.3, -0.25) is 9.59 Å². The van der Waals surface area contributed by atoms with Gasteiger partial charge in [-0.05, 0) is 54.7 Å². The molecule has 2 aromatic carbocycles. The van der Waals surface area contributed by atoms with Gasteiger partial charge in [0.2, 0.25) is 22.1 Å². The second-order valence-electron chi connectivity index (χ2n) is 9.96. The van der Waals surface area contributed by atoms with Crippen molar-refractivity contribution in [2.24, 2.45) is 0 Å². The molecule has 1 fully saturated rings. The van der Waals surface area contributed by atoms with Gasteiger partial charge in [-0.2, -0.15) is 0 Å². The average molecular weight is 593 g/mol. The predicted molar refractivity (Wildman–Crippen MR) is 159 cm³/mol. The highest BCUT2D eigenvalue weighted by atomic mass is 32.1. The number of aromatic nitrogens is 4. The molecular formula is C29H32N6O4S2. The minimum Gasteiger partial charge on any atom is -0.497 e. The van der Waals surface area contributed by atoms with E-state index in [0.717, 1.165) is 64.7 Å². The number of hydrogen-bond acceptors (Lipinski definition) is 10. The van der Waals surface area contributed by atoms with E-state index < -0.39 is 0 Å². The van der Waals surface area contributed by atoms with Crippen molar-refractivity contribution >= 4 is 44.8 Å². The molecule has 2 aromatic heterocycles. The van der Waals surface area contributed by atoms with Crippen LogP contribution < -0.4 is 20.1 Å². The molecule has 0 radical (unpaired) electrons. The Morgan fingerprint density at radius 2 is 1.22 bits per heavy atom. The minimum atomic E-state index is -0.144. The third-order valence-corrected chi connectivity index (χ3v) is 9.00. The normalized spacial score (nSPS) is 16.9. The summed E-state index contributed by atoms with van der Waals surface area (Å²) >= 11 is 2.86. The van der Waals surface area contributed by atoms with Gasteiger partial charge in [0.1, 0.15) is 21.5 Å². The van der Waals surface area contributed by atoms with E-state index in [-0.39, 0.29) is 36.5 Å². The van der Waals surface area contributed by atoms with Crippen LogP contribution in [0.3, 0.4) is 0 Å². The Kier molecular flexibility index (Phi) is 9.52. The molecule has 5 rings (SSSR count). The maximum atomic E-state index is 12.6. The number of nitrogens with zero attached hydrogens (tertiary/aromatic N) is 4. The van der Waals surface area contributed by atoms with Crippen LogP contribution in [0.15, 0.2) is 48.5 Å². The van der Waals surface area contributed by atoms with E-state index in [1.807, 2.05) is 48.5 Å². The summed E-state index contributed by atoms with van der Waals surface area (Å²) in [5, 5.41) is 26.0. The van der Waals surface area contributed by atoms with Crippen LogP contribution >= 0.6 is 22.7 Å².